The van der Waals surface area contributed by atoms with Crippen LogP contribution in [-0.4, -0.2) is 87.4 Å². The van der Waals surface area contributed by atoms with Gasteiger partial charge in [-0.25, -0.2) is 4.79 Å². The number of unbranched alkanes of at least 4 members (excludes halogenated alkanes) is 27. The second-order valence-corrected chi connectivity index (χ2v) is 22.3. The molecule has 0 saturated heterocycles. The number of carbonyl (C=O) groups is 3. The quantitative estimate of drug-likeness (QED) is 0.0211. The van der Waals surface area contributed by atoms with Crippen LogP contribution < -0.4 is 0 Å². The lowest BCUT2D eigenvalue weighted by Gasteiger charge is -2.25. The molecule has 448 valence electrons. The number of nitrogens with zero attached hydrogens (tertiary/aromatic N) is 1. The highest BCUT2D eigenvalue weighted by Crippen LogP contribution is 2.17. The fourth-order valence-electron chi connectivity index (χ4n) is 8.74. The summed E-state index contributed by atoms with van der Waals surface area (Å²) in [4.78, 5) is 37.5. The zero-order chi connectivity index (χ0) is 56.9. The largest absolute Gasteiger partial charge is 0.477 e. The minimum absolute atomic E-state index is 0.184. The third-order valence-electron chi connectivity index (χ3n) is 13.6. The van der Waals surface area contributed by atoms with Crippen LogP contribution in [0.2, 0.25) is 0 Å². The summed E-state index contributed by atoms with van der Waals surface area (Å²) in [6.07, 6.45) is 77.8. The van der Waals surface area contributed by atoms with E-state index in [4.69, 9.17) is 18.9 Å². The van der Waals surface area contributed by atoms with Crippen LogP contribution in [-0.2, 0) is 33.3 Å². The summed E-state index contributed by atoms with van der Waals surface area (Å²) >= 11 is 0. The topological polar surface area (TPSA) is 108 Å². The first-order chi connectivity index (χ1) is 38.1. The molecule has 2 atom stereocenters. The molecule has 0 aromatic heterocycles. The molecule has 0 fully saturated rings. The van der Waals surface area contributed by atoms with Crippen LogP contribution in [0.3, 0.4) is 0 Å². The van der Waals surface area contributed by atoms with Crippen LogP contribution in [0, 0.1) is 0 Å². The van der Waals surface area contributed by atoms with Crippen molar-refractivity contribution in [3.8, 4) is 0 Å². The number of carbonyl (C=O) groups excluding carboxylic acids is 2. The molecule has 0 aromatic rings. The van der Waals surface area contributed by atoms with E-state index in [1.54, 1.807) is 0 Å². The normalized spacial score (nSPS) is 13.4. The van der Waals surface area contributed by atoms with Crippen LogP contribution in [0.1, 0.15) is 264 Å². The molecule has 0 aliphatic rings. The van der Waals surface area contributed by atoms with Crippen molar-refractivity contribution in [2.24, 2.45) is 0 Å². The maximum Gasteiger partial charge on any atom is 0.361 e. The molecule has 0 bridgehead atoms. The van der Waals surface area contributed by atoms with Crippen molar-refractivity contribution < 1.29 is 42.9 Å². The summed E-state index contributed by atoms with van der Waals surface area (Å²) in [7, 11) is 5.97. The standard InChI is InChI=1S/C69H119NO8/c1-6-8-10-12-14-16-18-20-22-24-26-27-28-29-30-31-32-33-34-35-36-37-38-39-40-41-42-44-46-48-50-52-54-56-58-60-67(72)78-65(64-77-69(68(73)74)75-62-61-70(3,4)5)63-76-66(71)59-57-55-53-51-49-47-45-43-25-23-21-19-17-15-13-11-9-7-2/h8,10,14,16,20,22,26-27,29-30,32-33,35-36,38-39,65,69H,6-7,9,11-13,15,17-19,21,23-25,28,31,34,37,40-64H2,1-5H3/p+1/b10-8-,16-14-,22-20-,27-26-,30-29-,33-32-,36-35-,39-38-. The number of carboxylic acid groups (broad SMARTS) is 1. The van der Waals surface area contributed by atoms with Gasteiger partial charge in [-0.1, -0.05) is 272 Å². The van der Waals surface area contributed by atoms with Crippen molar-refractivity contribution in [3.63, 3.8) is 0 Å². The van der Waals surface area contributed by atoms with Gasteiger partial charge in [0.15, 0.2) is 6.10 Å². The fourth-order valence-corrected chi connectivity index (χ4v) is 8.74. The minimum Gasteiger partial charge on any atom is -0.477 e. The molecule has 78 heavy (non-hydrogen) atoms. The number of hydrogen-bond acceptors (Lipinski definition) is 7. The molecule has 0 saturated carbocycles. The number of ether oxygens (including phenoxy) is 4. The Bertz CT molecular complexity index is 1600. The number of likely N-dealkylation sites (N-methyl/N-ethyl adjacent to an activating group) is 1. The van der Waals surface area contributed by atoms with E-state index in [1.807, 2.05) is 21.1 Å². The van der Waals surface area contributed by atoms with Crippen molar-refractivity contribution >= 4 is 17.9 Å². The van der Waals surface area contributed by atoms with Gasteiger partial charge in [0.25, 0.3) is 6.29 Å². The SMILES string of the molecule is CC/C=C\C/C=C\C/C=C\C/C=C\C/C=C\C/C=C\C/C=C\C/C=C\CCCCCCCCCCCCC(=O)OC(COC(=O)CCCCCCCCCCCCCCCCCCCC)COC(OCC[N+](C)(C)C)C(=O)O. The number of carboxylic acids is 1. The summed E-state index contributed by atoms with van der Waals surface area (Å²) in [5, 5.41) is 9.72. The molecule has 0 radical (unpaired) electrons. The Hall–Kier alpha value is -3.79. The van der Waals surface area contributed by atoms with Crippen LogP contribution in [0.5, 0.6) is 0 Å². The molecule has 2 unspecified atom stereocenters. The van der Waals surface area contributed by atoms with Crippen molar-refractivity contribution in [3.05, 3.63) is 97.2 Å². The molecule has 0 aliphatic heterocycles. The molecule has 0 spiro atoms. The Morgan fingerprint density at radius 1 is 0.397 bits per heavy atom. The van der Waals surface area contributed by atoms with E-state index in [0.29, 0.717) is 23.9 Å². The highest BCUT2D eigenvalue weighted by molar-refractivity contribution is 5.71. The number of hydrogen-bond donors (Lipinski definition) is 1. The van der Waals surface area contributed by atoms with E-state index in [-0.39, 0.29) is 32.2 Å². The number of quaternary nitrogens is 1. The van der Waals surface area contributed by atoms with E-state index in [9.17, 15) is 19.5 Å². The van der Waals surface area contributed by atoms with Crippen molar-refractivity contribution in [1.82, 2.24) is 0 Å². The third-order valence-corrected chi connectivity index (χ3v) is 13.6. The molecule has 9 nitrogen and oxygen atoms in total. The van der Waals surface area contributed by atoms with Gasteiger partial charge in [-0.05, 0) is 77.0 Å². The summed E-state index contributed by atoms with van der Waals surface area (Å²) in [6, 6.07) is 0. The molecule has 9 heteroatoms. The van der Waals surface area contributed by atoms with E-state index in [2.05, 4.69) is 111 Å². The second kappa shape index (κ2) is 59.3. The maximum absolute atomic E-state index is 12.9. The highest BCUT2D eigenvalue weighted by atomic mass is 16.7. The number of allylic oxidation sites excluding steroid dienone is 16. The number of esters is 2. The summed E-state index contributed by atoms with van der Waals surface area (Å²) < 4.78 is 22.9. The maximum atomic E-state index is 12.9. The Balaban J connectivity index is 4.18. The van der Waals surface area contributed by atoms with Gasteiger partial charge < -0.3 is 28.5 Å². The van der Waals surface area contributed by atoms with Gasteiger partial charge in [0, 0.05) is 12.8 Å². The monoisotopic (exact) mass is 1090 g/mol. The van der Waals surface area contributed by atoms with Gasteiger partial charge in [-0.3, -0.25) is 9.59 Å². The molecule has 0 aliphatic carbocycles. The van der Waals surface area contributed by atoms with Crippen molar-refractivity contribution in [1.29, 1.82) is 0 Å². The predicted octanol–water partition coefficient (Wildman–Crippen LogP) is 19.3. The molecule has 0 rings (SSSR count). The first-order valence-electron chi connectivity index (χ1n) is 31.9. The Labute approximate surface area is 480 Å². The number of aliphatic carboxylic acids is 1. The fraction of sp³-hybridized carbons (Fsp3) is 0.725. The molecule has 0 aromatic carbocycles. The highest BCUT2D eigenvalue weighted by Gasteiger charge is 2.25. The average Bonchev–Trinajstić information content (AvgIpc) is 3.41. The van der Waals surface area contributed by atoms with Gasteiger partial charge in [-0.2, -0.15) is 0 Å². The van der Waals surface area contributed by atoms with Crippen LogP contribution in [0.15, 0.2) is 97.2 Å². The average molecular weight is 1090 g/mol. The molecule has 0 heterocycles. The van der Waals surface area contributed by atoms with Crippen molar-refractivity contribution in [2.45, 2.75) is 277 Å². The third kappa shape index (κ3) is 59.9. The van der Waals surface area contributed by atoms with Crippen LogP contribution >= 0.6 is 0 Å². The van der Waals surface area contributed by atoms with Gasteiger partial charge in [-0.15, -0.1) is 0 Å². The Kier molecular flexibility index (Phi) is 56.5. The van der Waals surface area contributed by atoms with E-state index in [0.717, 1.165) is 96.3 Å². The van der Waals surface area contributed by atoms with Gasteiger partial charge in [0.05, 0.1) is 34.4 Å². The Morgan fingerprint density at radius 3 is 1.09 bits per heavy atom. The lowest BCUT2D eigenvalue weighted by molar-refractivity contribution is -0.870. The molecular formula is C69H120NO8+. The minimum atomic E-state index is -1.51. The predicted molar refractivity (Wildman–Crippen MR) is 332 cm³/mol. The van der Waals surface area contributed by atoms with E-state index >= 15 is 0 Å². The van der Waals surface area contributed by atoms with Gasteiger partial charge in [0.2, 0.25) is 0 Å². The van der Waals surface area contributed by atoms with Crippen LogP contribution in [0.25, 0.3) is 0 Å². The lowest BCUT2D eigenvalue weighted by atomic mass is 10.0. The summed E-state index contributed by atoms with van der Waals surface area (Å²) in [5.74, 6) is -2.00. The molecular weight excluding hydrogens is 971 g/mol. The second-order valence-electron chi connectivity index (χ2n) is 22.3. The van der Waals surface area contributed by atoms with Crippen molar-refractivity contribution in [2.75, 3.05) is 47.5 Å². The first-order valence-corrected chi connectivity index (χ1v) is 31.9. The van der Waals surface area contributed by atoms with E-state index < -0.39 is 24.3 Å². The van der Waals surface area contributed by atoms with E-state index in [1.165, 1.54) is 135 Å². The zero-order valence-corrected chi connectivity index (χ0v) is 51.1. The smallest absolute Gasteiger partial charge is 0.361 e. The summed E-state index contributed by atoms with van der Waals surface area (Å²) in [5.41, 5.74) is 0. The summed E-state index contributed by atoms with van der Waals surface area (Å²) in [6.45, 7) is 4.78. The molecule has 0 amide bonds. The first kappa shape index (κ1) is 74.2. The van der Waals surface area contributed by atoms with Gasteiger partial charge >= 0.3 is 17.9 Å². The Morgan fingerprint density at radius 2 is 0.731 bits per heavy atom. The van der Waals surface area contributed by atoms with Crippen LogP contribution in [0.4, 0.5) is 0 Å². The van der Waals surface area contributed by atoms with Gasteiger partial charge in [0.1, 0.15) is 13.2 Å². The molecule has 1 N–H and O–H groups in total. The number of rotatable bonds is 58. The zero-order valence-electron chi connectivity index (χ0n) is 51.1. The lowest BCUT2D eigenvalue weighted by Crippen LogP contribution is -2.40.